The smallest absolute Gasteiger partial charge is 0.335 e. The van der Waals surface area contributed by atoms with E-state index in [1.165, 1.54) is 14.2 Å². The van der Waals surface area contributed by atoms with Crippen molar-refractivity contribution in [3.8, 4) is 28.7 Å². The highest BCUT2D eigenvalue weighted by Gasteiger charge is 2.56. The van der Waals surface area contributed by atoms with Crippen LogP contribution in [0.15, 0.2) is 24.3 Å². The lowest BCUT2D eigenvalue weighted by atomic mass is 9.66. The molecule has 2 aromatic rings. The molecule has 1 aliphatic carbocycles. The molecule has 0 radical (unpaired) electrons. The number of benzene rings is 2. The number of aliphatic hydroxyl groups excluding tert-OH is 5. The van der Waals surface area contributed by atoms with Crippen molar-refractivity contribution in [2.24, 2.45) is 11.8 Å². The fourth-order valence-electron chi connectivity index (χ4n) is 8.10. The van der Waals surface area contributed by atoms with Crippen LogP contribution >= 0.6 is 0 Å². The first-order chi connectivity index (χ1) is 25.9. The van der Waals surface area contributed by atoms with Crippen molar-refractivity contribution in [1.29, 1.82) is 0 Å². The van der Waals surface area contributed by atoms with Gasteiger partial charge in [-0.3, -0.25) is 4.79 Å². The number of aliphatic carboxylic acids is 1. The number of cyclic esters (lactones) is 1. The molecule has 4 saturated heterocycles. The molecule has 0 spiro atoms. The number of methoxy groups -OCH3 is 2. The monoisotopic (exact) mass is 764 g/mol. The number of hydrogen-bond donors (Lipinski definition) is 6. The van der Waals surface area contributed by atoms with Gasteiger partial charge >= 0.3 is 11.9 Å². The van der Waals surface area contributed by atoms with E-state index in [2.05, 4.69) is 0 Å². The van der Waals surface area contributed by atoms with Crippen LogP contribution in [0.2, 0.25) is 0 Å². The second-order valence-electron chi connectivity index (χ2n) is 13.8. The largest absolute Gasteiger partial charge is 0.493 e. The van der Waals surface area contributed by atoms with Crippen molar-refractivity contribution in [2.45, 2.75) is 86.6 Å². The molecule has 5 aliphatic heterocycles. The number of hydrogen-bond acceptors (Lipinski definition) is 18. The maximum Gasteiger partial charge on any atom is 0.335 e. The molecule has 4 fully saturated rings. The van der Waals surface area contributed by atoms with E-state index in [4.69, 9.17) is 52.1 Å². The highest BCUT2D eigenvalue weighted by molar-refractivity contribution is 5.79. The highest BCUT2D eigenvalue weighted by atomic mass is 16.8. The molecule has 0 aromatic heterocycles. The van der Waals surface area contributed by atoms with Crippen LogP contribution < -0.4 is 23.7 Å². The summed E-state index contributed by atoms with van der Waals surface area (Å²) in [5, 5.41) is 62.9. The van der Waals surface area contributed by atoms with Gasteiger partial charge in [0.05, 0.1) is 39.5 Å². The summed E-state index contributed by atoms with van der Waals surface area (Å²) in [5.41, 5.74) is 1.60. The summed E-state index contributed by atoms with van der Waals surface area (Å²) < 4.78 is 63.5. The van der Waals surface area contributed by atoms with E-state index in [-0.39, 0.29) is 37.3 Å². The van der Waals surface area contributed by atoms with Gasteiger partial charge in [0, 0.05) is 11.8 Å². The Kier molecular flexibility index (Phi) is 9.74. The minimum atomic E-state index is -1.94. The third-order valence-electron chi connectivity index (χ3n) is 10.8. The zero-order chi connectivity index (χ0) is 38.2. The molecule has 0 amide bonds. The zero-order valence-electron chi connectivity index (χ0n) is 29.1. The molecule has 2 aromatic carbocycles. The van der Waals surface area contributed by atoms with E-state index in [1.807, 2.05) is 0 Å². The van der Waals surface area contributed by atoms with E-state index in [0.717, 1.165) is 0 Å². The number of carboxylic acids is 1. The molecule has 294 valence electrons. The number of fused-ring (bicyclic) bond motifs is 4. The topological polar surface area (TPSA) is 257 Å². The lowest BCUT2D eigenvalue weighted by Crippen LogP contribution is -2.63. The van der Waals surface area contributed by atoms with Gasteiger partial charge in [-0.25, -0.2) is 4.79 Å². The molecule has 19 heteroatoms. The van der Waals surface area contributed by atoms with Crippen LogP contribution in [0.25, 0.3) is 0 Å². The van der Waals surface area contributed by atoms with Crippen LogP contribution in [0.3, 0.4) is 0 Å². The van der Waals surface area contributed by atoms with Gasteiger partial charge < -0.3 is 82.7 Å². The van der Waals surface area contributed by atoms with Crippen LogP contribution in [-0.2, 0) is 38.0 Å². The molecular formula is C35H40O19. The van der Waals surface area contributed by atoms with Gasteiger partial charge in [-0.2, -0.15) is 0 Å². The van der Waals surface area contributed by atoms with Crippen molar-refractivity contribution in [2.75, 3.05) is 34.2 Å². The van der Waals surface area contributed by atoms with Gasteiger partial charge in [-0.05, 0) is 47.9 Å². The van der Waals surface area contributed by atoms with E-state index in [0.29, 0.717) is 28.2 Å². The van der Waals surface area contributed by atoms with Crippen LogP contribution in [0.5, 0.6) is 28.7 Å². The van der Waals surface area contributed by atoms with Gasteiger partial charge in [-0.1, -0.05) is 0 Å². The summed E-state index contributed by atoms with van der Waals surface area (Å²) >= 11 is 0. The number of ether oxygens (including phenoxy) is 11. The third-order valence-corrected chi connectivity index (χ3v) is 10.8. The molecule has 2 unspecified atom stereocenters. The molecule has 0 saturated carbocycles. The average Bonchev–Trinajstić information content (AvgIpc) is 3.79. The second kappa shape index (κ2) is 14.2. The molecule has 8 rings (SSSR count). The molecular weight excluding hydrogens is 724 g/mol. The fraction of sp³-hybridized carbons (Fsp3) is 0.600. The first kappa shape index (κ1) is 36.9. The Labute approximate surface area is 306 Å². The number of esters is 1. The zero-order valence-corrected chi connectivity index (χ0v) is 29.1. The SMILES string of the molecule is COc1cc([C@@H]2c3cc4c(cc3[C@@H](O[C@@H]3O[C@@H]5CO[C@@H](C)OC5[C@H](O)[C@H]3O)[C@H]3COC(=O)C23)OCO4)cc(OC)c1O[C@@H]1O[C@H](C(=O)O)[C@@H](O)[C@H](O)[C@H]1O. The Morgan fingerprint density at radius 3 is 2.11 bits per heavy atom. The fourth-order valence-corrected chi connectivity index (χ4v) is 8.10. The van der Waals surface area contributed by atoms with Crippen molar-refractivity contribution in [1.82, 2.24) is 0 Å². The first-order valence-electron chi connectivity index (χ1n) is 17.3. The number of aliphatic hydroxyl groups is 5. The lowest BCUT2D eigenvalue weighted by molar-refractivity contribution is -0.364. The molecule has 19 nitrogen and oxygen atoms in total. The van der Waals surface area contributed by atoms with Crippen LogP contribution in [0.1, 0.15) is 35.6 Å². The first-order valence-corrected chi connectivity index (χ1v) is 17.3. The number of carbonyl (C=O) groups excluding carboxylic acids is 1. The normalized spacial score (nSPS) is 39.5. The Morgan fingerprint density at radius 2 is 1.44 bits per heavy atom. The minimum absolute atomic E-state index is 0.0183. The maximum absolute atomic E-state index is 13.7. The van der Waals surface area contributed by atoms with Gasteiger partial charge in [-0.15, -0.1) is 0 Å². The number of carbonyl (C=O) groups is 2. The van der Waals surface area contributed by atoms with Gasteiger partial charge in [0.2, 0.25) is 18.8 Å². The van der Waals surface area contributed by atoms with Crippen molar-refractivity contribution < 1.29 is 92.3 Å². The molecule has 0 bridgehead atoms. The maximum atomic E-state index is 13.7. The highest BCUT2D eigenvalue weighted by Crippen LogP contribution is 2.57. The molecule has 6 aliphatic rings. The molecule has 54 heavy (non-hydrogen) atoms. The lowest BCUT2D eigenvalue weighted by Gasteiger charge is -2.47. The molecule has 6 N–H and O–H groups in total. The van der Waals surface area contributed by atoms with Crippen LogP contribution in [0.4, 0.5) is 0 Å². The summed E-state index contributed by atoms with van der Waals surface area (Å²) in [6.07, 6.45) is -16.8. The number of carboxylic acid groups (broad SMARTS) is 1. The minimum Gasteiger partial charge on any atom is -0.493 e. The van der Waals surface area contributed by atoms with Gasteiger partial charge in [0.1, 0.15) is 42.7 Å². The second-order valence-corrected chi connectivity index (χ2v) is 13.8. The predicted molar refractivity (Wildman–Crippen MR) is 172 cm³/mol. The van der Waals surface area contributed by atoms with Gasteiger partial charge in [0.25, 0.3) is 0 Å². The Balaban J connectivity index is 1.17. The van der Waals surface area contributed by atoms with Crippen molar-refractivity contribution >= 4 is 11.9 Å². The van der Waals surface area contributed by atoms with E-state index >= 15 is 0 Å². The molecule has 15 atom stereocenters. The predicted octanol–water partition coefficient (Wildman–Crippen LogP) is -1.10. The third kappa shape index (κ3) is 6.08. The van der Waals surface area contributed by atoms with Crippen molar-refractivity contribution in [3.05, 3.63) is 41.0 Å². The molecule has 5 heterocycles. The summed E-state index contributed by atoms with van der Waals surface area (Å²) in [7, 11) is 2.65. The number of rotatable bonds is 8. The van der Waals surface area contributed by atoms with E-state index < -0.39 is 103 Å². The standard InChI is InChI=1S/C35H40O19/c1-11-46-9-20-30(50-11)25(38)27(40)34(51-20)52-28-14-7-17-16(48-10-49-17)6-13(14)21(22-15(28)8-47-33(22)43)12-4-18(44-2)29(19(5-12)45-3)53-35-26(39)23(36)24(37)31(54-35)32(41)42/h4-7,11,15,20-28,30-31,34-40H,8-10H2,1-3H3,(H,41,42)/t11-,15+,20-,21-,22?,23+,24+,25-,26-,27-,28-,30?,31+,34+,35-/m1/s1. The van der Waals surface area contributed by atoms with E-state index in [9.17, 15) is 40.2 Å². The summed E-state index contributed by atoms with van der Waals surface area (Å²) in [6, 6.07) is 6.57. The quantitative estimate of drug-likeness (QED) is 0.175. The van der Waals surface area contributed by atoms with Gasteiger partial charge in [0.15, 0.2) is 41.7 Å². The Morgan fingerprint density at radius 1 is 0.778 bits per heavy atom. The average molecular weight is 765 g/mol. The summed E-state index contributed by atoms with van der Waals surface area (Å²) in [6.45, 7) is 1.64. The van der Waals surface area contributed by atoms with Crippen LogP contribution in [-0.4, -0.2) is 145 Å². The van der Waals surface area contributed by atoms with E-state index in [1.54, 1.807) is 31.2 Å². The Hall–Kier alpha value is -4.02. The Bertz CT molecular complexity index is 1740. The summed E-state index contributed by atoms with van der Waals surface area (Å²) in [4.78, 5) is 25.4. The van der Waals surface area contributed by atoms with Crippen LogP contribution in [0, 0.1) is 11.8 Å². The van der Waals surface area contributed by atoms with Crippen molar-refractivity contribution in [3.63, 3.8) is 0 Å². The summed E-state index contributed by atoms with van der Waals surface area (Å²) in [5.74, 6) is -3.73.